The molecule has 0 aliphatic carbocycles. The molecule has 0 bridgehead atoms. The Bertz CT molecular complexity index is 1270. The minimum atomic E-state index is -0.398. The second-order valence-corrected chi connectivity index (χ2v) is 8.71. The summed E-state index contributed by atoms with van der Waals surface area (Å²) in [5.74, 6) is -0.398. The van der Waals surface area contributed by atoms with Crippen molar-refractivity contribution in [1.82, 2.24) is 4.98 Å². The molecule has 0 unspecified atom stereocenters. The quantitative estimate of drug-likeness (QED) is 0.372. The Labute approximate surface area is 200 Å². The lowest BCUT2D eigenvalue weighted by molar-refractivity contribution is -0.941. The number of carbonyl (C=O) groups excluding carboxylic acids is 1. The fourth-order valence-electron chi connectivity index (χ4n) is 4.28. The molecule has 4 rings (SSSR count). The summed E-state index contributed by atoms with van der Waals surface area (Å²) in [5.41, 5.74) is 5.15. The highest BCUT2D eigenvalue weighted by atomic mass is 16.5. The number of hydrogen-bond acceptors (Lipinski definition) is 3. The third-order valence-corrected chi connectivity index (χ3v) is 6.01. The number of rotatable bonds is 9. The van der Waals surface area contributed by atoms with E-state index in [0.717, 1.165) is 36.3 Å². The molecule has 0 atom stereocenters. The van der Waals surface area contributed by atoms with Crippen molar-refractivity contribution in [3.63, 3.8) is 0 Å². The Kier molecular flexibility index (Phi) is 7.55. The van der Waals surface area contributed by atoms with Crippen molar-refractivity contribution in [1.29, 1.82) is 0 Å². The molecule has 0 radical (unpaired) electrons. The van der Waals surface area contributed by atoms with Crippen LogP contribution in [0.2, 0.25) is 0 Å². The van der Waals surface area contributed by atoms with Gasteiger partial charge in [0.25, 0.3) is 0 Å². The van der Waals surface area contributed by atoms with Gasteiger partial charge in [-0.2, -0.15) is 0 Å². The maximum absolute atomic E-state index is 13.6. The van der Waals surface area contributed by atoms with Crippen molar-refractivity contribution < 1.29 is 14.4 Å². The number of aromatic amines is 1. The third kappa shape index (κ3) is 5.61. The van der Waals surface area contributed by atoms with E-state index in [4.69, 9.17) is 4.74 Å². The van der Waals surface area contributed by atoms with Crippen LogP contribution < -0.4 is 10.3 Å². The van der Waals surface area contributed by atoms with E-state index in [1.165, 1.54) is 16.0 Å². The molecule has 0 fully saturated rings. The molecule has 5 nitrogen and oxygen atoms in total. The highest BCUT2D eigenvalue weighted by Crippen LogP contribution is 2.15. The summed E-state index contributed by atoms with van der Waals surface area (Å²) in [6.07, 6.45) is 0.755. The van der Waals surface area contributed by atoms with Crippen molar-refractivity contribution in [3.05, 3.63) is 117 Å². The zero-order chi connectivity index (χ0) is 23.9. The van der Waals surface area contributed by atoms with Crippen molar-refractivity contribution in [2.24, 2.45) is 0 Å². The number of hydrogen-bond donors (Lipinski definition) is 2. The monoisotopic (exact) mass is 455 g/mol. The fraction of sp³-hybridized carbons (Fsp3) is 0.241. The molecule has 0 amide bonds. The van der Waals surface area contributed by atoms with Crippen LogP contribution in [0.4, 0.5) is 0 Å². The molecule has 1 aromatic heterocycles. The van der Waals surface area contributed by atoms with Gasteiger partial charge < -0.3 is 14.6 Å². The van der Waals surface area contributed by atoms with Gasteiger partial charge >= 0.3 is 5.97 Å². The first-order valence-corrected chi connectivity index (χ1v) is 11.8. The van der Waals surface area contributed by atoms with E-state index in [9.17, 15) is 9.59 Å². The molecular weight excluding hydrogens is 424 g/mol. The van der Waals surface area contributed by atoms with Gasteiger partial charge in [-0.15, -0.1) is 0 Å². The first-order valence-electron chi connectivity index (χ1n) is 11.8. The maximum atomic E-state index is 13.6. The van der Waals surface area contributed by atoms with Gasteiger partial charge in [0.2, 0.25) is 0 Å². The molecule has 0 aliphatic heterocycles. The molecule has 34 heavy (non-hydrogen) atoms. The first-order chi connectivity index (χ1) is 16.5. The van der Waals surface area contributed by atoms with Crippen LogP contribution in [-0.4, -0.2) is 17.6 Å². The van der Waals surface area contributed by atoms with Gasteiger partial charge in [-0.25, -0.2) is 4.79 Å². The zero-order valence-electron chi connectivity index (χ0n) is 19.8. The molecule has 0 aliphatic rings. The predicted octanol–water partition coefficient (Wildman–Crippen LogP) is 4.19. The zero-order valence-corrected chi connectivity index (χ0v) is 19.8. The van der Waals surface area contributed by atoms with Gasteiger partial charge in [0.05, 0.1) is 17.7 Å². The second-order valence-electron chi connectivity index (χ2n) is 8.71. The van der Waals surface area contributed by atoms with Gasteiger partial charge in [0, 0.05) is 27.7 Å². The van der Waals surface area contributed by atoms with Gasteiger partial charge in [-0.1, -0.05) is 67.6 Å². The number of aromatic nitrogens is 1. The molecule has 3 aromatic carbocycles. The molecule has 0 spiro atoms. The van der Waals surface area contributed by atoms with Crippen LogP contribution in [0.3, 0.4) is 0 Å². The molecule has 2 N–H and O–H groups in total. The van der Waals surface area contributed by atoms with E-state index < -0.39 is 5.97 Å². The summed E-state index contributed by atoms with van der Waals surface area (Å²) in [6, 6.07) is 25.8. The molecular formula is C29H31N2O3+. The Morgan fingerprint density at radius 1 is 0.882 bits per heavy atom. The number of aryl methyl sites for hydroxylation is 1. The minimum Gasteiger partial charge on any atom is -0.462 e. The Morgan fingerprint density at radius 3 is 2.09 bits per heavy atom. The second kappa shape index (κ2) is 10.9. The van der Waals surface area contributed by atoms with Crippen LogP contribution in [0.1, 0.15) is 46.1 Å². The highest BCUT2D eigenvalue weighted by Gasteiger charge is 2.19. The number of fused-ring (bicyclic) bond motifs is 1. The summed E-state index contributed by atoms with van der Waals surface area (Å²) >= 11 is 0. The number of quaternary nitrogens is 1. The van der Waals surface area contributed by atoms with Crippen molar-refractivity contribution in [3.8, 4) is 0 Å². The Hall–Kier alpha value is -3.70. The minimum absolute atomic E-state index is 0.0324. The maximum Gasteiger partial charge on any atom is 0.338 e. The van der Waals surface area contributed by atoms with Crippen LogP contribution in [0.15, 0.2) is 83.7 Å². The number of benzene rings is 3. The summed E-state index contributed by atoms with van der Waals surface area (Å²) in [7, 11) is 0. The smallest absolute Gasteiger partial charge is 0.338 e. The van der Waals surface area contributed by atoms with E-state index in [2.05, 4.69) is 29.2 Å². The summed E-state index contributed by atoms with van der Waals surface area (Å²) in [4.78, 5) is 30.6. The average Bonchev–Trinajstić information content (AvgIpc) is 2.86. The van der Waals surface area contributed by atoms with Crippen LogP contribution >= 0.6 is 0 Å². The van der Waals surface area contributed by atoms with Crippen LogP contribution in [0.5, 0.6) is 0 Å². The lowest BCUT2D eigenvalue weighted by atomic mass is 10.0. The molecule has 174 valence electrons. The number of esters is 1. The number of ether oxygens (including phenoxy) is 1. The lowest BCUT2D eigenvalue weighted by Crippen LogP contribution is -3.08. The predicted molar refractivity (Wildman–Crippen MR) is 135 cm³/mol. The summed E-state index contributed by atoms with van der Waals surface area (Å²) in [5, 5.41) is 0.519. The molecule has 4 aromatic rings. The van der Waals surface area contributed by atoms with Gasteiger partial charge in [0.1, 0.15) is 19.6 Å². The van der Waals surface area contributed by atoms with E-state index in [1.54, 1.807) is 18.2 Å². The summed E-state index contributed by atoms with van der Waals surface area (Å²) < 4.78 is 5.26. The Balaban J connectivity index is 1.68. The van der Waals surface area contributed by atoms with E-state index >= 15 is 0 Å². The molecule has 5 heteroatoms. The standard InChI is InChI=1S/C29H30N2O3/c1-3-16-34-29(33)24-14-15-27-25(17-24)28(32)26(21(2)30-27)20-31(18-22-10-6-4-7-11-22)19-23-12-8-5-9-13-23/h4-15,17H,3,16,18-20H2,1-2H3,(H,30,32)/p+1. The number of pyridine rings is 1. The lowest BCUT2D eigenvalue weighted by Gasteiger charge is -2.21. The third-order valence-electron chi connectivity index (χ3n) is 6.01. The largest absolute Gasteiger partial charge is 0.462 e. The van der Waals surface area contributed by atoms with E-state index in [1.807, 2.05) is 50.2 Å². The number of carbonyl (C=O) groups is 1. The van der Waals surface area contributed by atoms with Gasteiger partial charge in [-0.05, 0) is 31.5 Å². The summed E-state index contributed by atoms with van der Waals surface area (Å²) in [6.45, 7) is 6.44. The topological polar surface area (TPSA) is 63.6 Å². The van der Waals surface area contributed by atoms with Crippen LogP contribution in [-0.2, 0) is 24.4 Å². The average molecular weight is 456 g/mol. The van der Waals surface area contributed by atoms with E-state index in [-0.39, 0.29) is 5.43 Å². The first kappa shape index (κ1) is 23.5. The molecule has 0 saturated heterocycles. The van der Waals surface area contributed by atoms with E-state index in [0.29, 0.717) is 24.1 Å². The highest BCUT2D eigenvalue weighted by molar-refractivity contribution is 5.94. The number of H-pyrrole nitrogens is 1. The fourth-order valence-corrected chi connectivity index (χ4v) is 4.28. The van der Waals surface area contributed by atoms with Gasteiger partial charge in [-0.3, -0.25) is 4.79 Å². The SMILES string of the molecule is CCCOC(=O)c1ccc2[nH]c(C)c(C[NH+](Cc3ccccc3)Cc3ccccc3)c(=O)c2c1. The van der Waals surface area contributed by atoms with Crippen molar-refractivity contribution in [2.75, 3.05) is 6.61 Å². The Morgan fingerprint density at radius 2 is 1.50 bits per heavy atom. The normalized spacial score (nSPS) is 11.1. The van der Waals surface area contributed by atoms with Crippen LogP contribution in [0, 0.1) is 6.92 Å². The number of nitrogens with one attached hydrogen (secondary N) is 2. The van der Waals surface area contributed by atoms with Crippen LogP contribution in [0.25, 0.3) is 10.9 Å². The van der Waals surface area contributed by atoms with Crippen molar-refractivity contribution in [2.45, 2.75) is 39.9 Å². The van der Waals surface area contributed by atoms with Gasteiger partial charge in [0.15, 0.2) is 5.43 Å². The molecule has 1 heterocycles. The van der Waals surface area contributed by atoms with Crippen molar-refractivity contribution >= 4 is 16.9 Å². The molecule has 0 saturated carbocycles.